The van der Waals surface area contributed by atoms with Crippen molar-refractivity contribution in [3.63, 3.8) is 0 Å². The summed E-state index contributed by atoms with van der Waals surface area (Å²) >= 11 is 1.57. The molecule has 0 radical (unpaired) electrons. The number of nitrogens with one attached hydrogen (secondary N) is 2. The van der Waals surface area contributed by atoms with Crippen molar-refractivity contribution >= 4 is 17.2 Å². The van der Waals surface area contributed by atoms with Gasteiger partial charge in [-0.3, -0.25) is 15.6 Å². The van der Waals surface area contributed by atoms with Gasteiger partial charge in [-0.05, 0) is 24.3 Å². The van der Waals surface area contributed by atoms with Crippen molar-refractivity contribution in [3.05, 3.63) is 52.0 Å². The Labute approximate surface area is 165 Å². The summed E-state index contributed by atoms with van der Waals surface area (Å²) < 4.78 is 0. The molecule has 6 heteroatoms. The lowest BCUT2D eigenvalue weighted by Crippen LogP contribution is -2.43. The Balaban J connectivity index is 1.36. The van der Waals surface area contributed by atoms with Crippen LogP contribution in [0.5, 0.6) is 0 Å². The minimum Gasteiger partial charge on any atom is -0.339 e. The summed E-state index contributed by atoms with van der Waals surface area (Å²) in [5.41, 5.74) is 8.69. The van der Waals surface area contributed by atoms with Crippen LogP contribution in [-0.2, 0) is 6.42 Å². The Kier molecular flexibility index (Phi) is 5.86. The molecule has 5 nitrogen and oxygen atoms in total. The third-order valence-electron chi connectivity index (χ3n) is 5.83. The zero-order valence-corrected chi connectivity index (χ0v) is 16.7. The summed E-state index contributed by atoms with van der Waals surface area (Å²) in [6, 6.07) is 11.1. The molecule has 1 aromatic carbocycles. The van der Waals surface area contributed by atoms with Crippen molar-refractivity contribution in [1.29, 1.82) is 0 Å². The number of carbonyl (C=O) groups is 1. The Hall–Kier alpha value is -1.76. The third kappa shape index (κ3) is 4.39. The first-order chi connectivity index (χ1) is 13.2. The van der Waals surface area contributed by atoms with Crippen molar-refractivity contribution in [3.8, 4) is 0 Å². The molecule has 0 bridgehead atoms. The van der Waals surface area contributed by atoms with Crippen molar-refractivity contribution in [2.45, 2.75) is 50.6 Å². The van der Waals surface area contributed by atoms with Crippen LogP contribution in [0.2, 0.25) is 0 Å². The number of hydrogen-bond acceptors (Lipinski definition) is 5. The molecule has 2 aliphatic rings. The highest BCUT2D eigenvalue weighted by molar-refractivity contribution is 7.09. The fourth-order valence-corrected chi connectivity index (χ4v) is 5.14. The second kappa shape index (κ2) is 8.50. The average molecular weight is 385 g/mol. The Morgan fingerprint density at radius 2 is 2.00 bits per heavy atom. The summed E-state index contributed by atoms with van der Waals surface area (Å²) in [7, 11) is 1.89. The first-order valence-corrected chi connectivity index (χ1v) is 10.8. The van der Waals surface area contributed by atoms with E-state index in [1.54, 1.807) is 11.3 Å². The van der Waals surface area contributed by atoms with E-state index in [9.17, 15) is 4.79 Å². The maximum absolute atomic E-state index is 12.8. The maximum atomic E-state index is 12.8. The molecule has 2 N–H and O–H groups in total. The number of carbonyl (C=O) groups excluding carboxylic acids is 1. The van der Waals surface area contributed by atoms with E-state index in [1.807, 2.05) is 35.5 Å². The second-order valence-electron chi connectivity index (χ2n) is 7.78. The topological polar surface area (TPSA) is 57.3 Å². The van der Waals surface area contributed by atoms with Gasteiger partial charge in [0.1, 0.15) is 5.69 Å². The lowest BCUT2D eigenvalue weighted by Gasteiger charge is -2.25. The Bertz CT molecular complexity index is 763. The zero-order valence-electron chi connectivity index (χ0n) is 15.9. The van der Waals surface area contributed by atoms with E-state index in [1.165, 1.54) is 37.7 Å². The van der Waals surface area contributed by atoms with Gasteiger partial charge in [-0.25, -0.2) is 4.98 Å². The molecule has 1 aromatic heterocycles. The Morgan fingerprint density at radius 1 is 1.19 bits per heavy atom. The van der Waals surface area contributed by atoms with Gasteiger partial charge < -0.3 is 4.90 Å². The van der Waals surface area contributed by atoms with Crippen LogP contribution in [-0.4, -0.2) is 41.5 Å². The zero-order chi connectivity index (χ0) is 18.6. The predicted octanol–water partition coefficient (Wildman–Crippen LogP) is 3.23. The smallest absolute Gasteiger partial charge is 0.273 e. The molecule has 2 aromatic rings. The van der Waals surface area contributed by atoms with Crippen LogP contribution in [0.4, 0.5) is 0 Å². The van der Waals surface area contributed by atoms with Gasteiger partial charge in [0.15, 0.2) is 0 Å². The molecule has 1 saturated carbocycles. The lowest BCUT2D eigenvalue weighted by atomic mass is 9.90. The van der Waals surface area contributed by atoms with Crippen LogP contribution in [0.1, 0.15) is 53.2 Å². The van der Waals surface area contributed by atoms with Gasteiger partial charge in [-0.1, -0.05) is 49.6 Å². The largest absolute Gasteiger partial charge is 0.339 e. The van der Waals surface area contributed by atoms with E-state index in [-0.39, 0.29) is 5.91 Å². The Morgan fingerprint density at radius 3 is 2.85 bits per heavy atom. The van der Waals surface area contributed by atoms with Gasteiger partial charge in [0, 0.05) is 37.5 Å². The fraction of sp³-hybridized carbons (Fsp3) is 0.524. The average Bonchev–Trinajstić information content (AvgIpc) is 3.22. The molecule has 3 unspecified atom stereocenters. The molecule has 1 aliphatic carbocycles. The van der Waals surface area contributed by atoms with Crippen molar-refractivity contribution in [1.82, 2.24) is 20.7 Å². The van der Waals surface area contributed by atoms with Crippen LogP contribution in [0.25, 0.3) is 0 Å². The molecule has 0 spiro atoms. The molecule has 27 heavy (non-hydrogen) atoms. The van der Waals surface area contributed by atoms with E-state index < -0.39 is 0 Å². The van der Waals surface area contributed by atoms with Crippen LogP contribution in [0.15, 0.2) is 35.7 Å². The monoisotopic (exact) mass is 384 g/mol. The maximum Gasteiger partial charge on any atom is 0.273 e. The summed E-state index contributed by atoms with van der Waals surface area (Å²) in [4.78, 5) is 19.3. The molecule has 3 atom stereocenters. The van der Waals surface area contributed by atoms with Gasteiger partial charge in [0.2, 0.25) is 0 Å². The van der Waals surface area contributed by atoms with E-state index >= 15 is 0 Å². The second-order valence-corrected chi connectivity index (χ2v) is 8.72. The number of amides is 1. The molecule has 1 amide bonds. The quantitative estimate of drug-likeness (QED) is 0.831. The number of aromatic nitrogens is 1. The summed E-state index contributed by atoms with van der Waals surface area (Å²) in [5.74, 6) is 0.635. The molecular weight excluding hydrogens is 356 g/mol. The molecule has 1 aliphatic heterocycles. The number of benzene rings is 1. The first kappa shape index (κ1) is 18.6. The lowest BCUT2D eigenvalue weighted by molar-refractivity contribution is 0.0769. The third-order valence-corrected chi connectivity index (χ3v) is 6.68. The summed E-state index contributed by atoms with van der Waals surface area (Å²) in [6.45, 7) is 0.721. The summed E-state index contributed by atoms with van der Waals surface area (Å²) in [5, 5.41) is 2.88. The highest BCUT2D eigenvalue weighted by atomic mass is 32.1. The predicted molar refractivity (Wildman–Crippen MR) is 109 cm³/mol. The number of rotatable bonds is 5. The fourth-order valence-electron chi connectivity index (χ4n) is 4.33. The van der Waals surface area contributed by atoms with Crippen LogP contribution >= 0.6 is 11.3 Å². The minimum atomic E-state index is 0.0180. The van der Waals surface area contributed by atoms with Gasteiger partial charge in [-0.15, -0.1) is 11.3 Å². The normalized spacial score (nSPS) is 25.0. The number of likely N-dealkylation sites (N-methyl/N-ethyl adjacent to an activating group) is 1. The van der Waals surface area contributed by atoms with Crippen LogP contribution in [0.3, 0.4) is 0 Å². The van der Waals surface area contributed by atoms with Crippen molar-refractivity contribution in [2.24, 2.45) is 5.92 Å². The first-order valence-electron chi connectivity index (χ1n) is 9.95. The van der Waals surface area contributed by atoms with Gasteiger partial charge >= 0.3 is 0 Å². The molecular formula is C21H28N4OS. The van der Waals surface area contributed by atoms with E-state index in [2.05, 4.69) is 28.0 Å². The highest BCUT2D eigenvalue weighted by Crippen LogP contribution is 2.29. The van der Waals surface area contributed by atoms with Crippen molar-refractivity contribution in [2.75, 3.05) is 13.6 Å². The van der Waals surface area contributed by atoms with Crippen LogP contribution in [0, 0.1) is 5.92 Å². The van der Waals surface area contributed by atoms with Crippen molar-refractivity contribution < 1.29 is 4.79 Å². The molecule has 1 saturated heterocycles. The molecule has 2 fully saturated rings. The van der Waals surface area contributed by atoms with E-state index in [0.29, 0.717) is 23.7 Å². The number of fused-ring (bicyclic) bond motifs is 1. The van der Waals surface area contributed by atoms with E-state index in [0.717, 1.165) is 18.0 Å². The standard InChI is InChI=1S/C21H28N4OS/c1-25(13-18-16-10-6-3-7-11-17(16)23-24-18)21(26)19-14-27-20(22-19)12-15-8-4-2-5-9-15/h2,4-5,8-9,14,16-18,23-24H,3,6-7,10-13H2,1H3. The number of thiazole rings is 1. The highest BCUT2D eigenvalue weighted by Gasteiger charge is 2.37. The molecule has 4 rings (SSSR count). The number of nitrogens with zero attached hydrogens (tertiary/aromatic N) is 2. The SMILES string of the molecule is CN(CC1NNC2CCCCCC21)C(=O)c1csc(Cc2ccccc2)n1. The molecule has 144 valence electrons. The van der Waals surface area contributed by atoms with Gasteiger partial charge in [0.25, 0.3) is 5.91 Å². The summed E-state index contributed by atoms with van der Waals surface area (Å²) in [6.07, 6.45) is 7.20. The number of hydrogen-bond donors (Lipinski definition) is 2. The van der Waals surface area contributed by atoms with Gasteiger partial charge in [-0.2, -0.15) is 0 Å². The number of hydrazine groups is 1. The molecule has 2 heterocycles. The minimum absolute atomic E-state index is 0.0180. The van der Waals surface area contributed by atoms with Crippen LogP contribution < -0.4 is 10.9 Å². The van der Waals surface area contributed by atoms with E-state index in [4.69, 9.17) is 0 Å². The van der Waals surface area contributed by atoms with Gasteiger partial charge in [0.05, 0.1) is 5.01 Å².